The van der Waals surface area contributed by atoms with Crippen molar-refractivity contribution in [3.05, 3.63) is 29.8 Å². The van der Waals surface area contributed by atoms with Crippen molar-refractivity contribution in [2.45, 2.75) is 51.9 Å². The highest BCUT2D eigenvalue weighted by Gasteiger charge is 2.22. The van der Waals surface area contributed by atoms with Gasteiger partial charge in [-0.2, -0.15) is 0 Å². The van der Waals surface area contributed by atoms with Gasteiger partial charge >= 0.3 is 0 Å². The molecule has 3 heteroatoms. The summed E-state index contributed by atoms with van der Waals surface area (Å²) in [5.41, 5.74) is 0. The van der Waals surface area contributed by atoms with Gasteiger partial charge in [0.2, 0.25) is 0 Å². The molecule has 1 saturated carbocycles. The van der Waals surface area contributed by atoms with E-state index in [0.717, 1.165) is 30.4 Å². The van der Waals surface area contributed by atoms with Crippen LogP contribution in [0.3, 0.4) is 0 Å². The van der Waals surface area contributed by atoms with Crippen molar-refractivity contribution in [2.75, 3.05) is 6.61 Å². The van der Waals surface area contributed by atoms with Gasteiger partial charge in [-0.25, -0.2) is 8.78 Å². The first-order valence-corrected chi connectivity index (χ1v) is 7.78. The molecule has 0 amide bonds. The Morgan fingerprint density at radius 2 is 1.85 bits per heavy atom. The minimum atomic E-state index is -0.846. The quantitative estimate of drug-likeness (QED) is 0.640. The van der Waals surface area contributed by atoms with Gasteiger partial charge in [-0.05, 0) is 36.8 Å². The van der Waals surface area contributed by atoms with Gasteiger partial charge < -0.3 is 4.74 Å². The summed E-state index contributed by atoms with van der Waals surface area (Å²) in [6.45, 7) is 2.86. The van der Waals surface area contributed by atoms with Crippen LogP contribution in [0.4, 0.5) is 8.78 Å². The van der Waals surface area contributed by atoms with Crippen molar-refractivity contribution in [3.63, 3.8) is 0 Å². The maximum absolute atomic E-state index is 13.0. The second-order valence-corrected chi connectivity index (χ2v) is 5.78. The lowest BCUT2D eigenvalue weighted by atomic mass is 9.76. The zero-order valence-electron chi connectivity index (χ0n) is 12.2. The van der Waals surface area contributed by atoms with E-state index in [2.05, 4.69) is 6.92 Å². The van der Waals surface area contributed by atoms with E-state index in [4.69, 9.17) is 4.74 Å². The normalized spacial score (nSPS) is 22.8. The Bertz CT molecular complexity index is 419. The lowest BCUT2D eigenvalue weighted by Gasteiger charge is -2.30. The fourth-order valence-corrected chi connectivity index (χ4v) is 3.30. The van der Waals surface area contributed by atoms with E-state index in [1.165, 1.54) is 44.6 Å². The van der Waals surface area contributed by atoms with Crippen LogP contribution in [-0.2, 0) is 0 Å². The number of rotatable bonds is 6. The predicted octanol–water partition coefficient (Wildman–Crippen LogP) is 5.34. The third-order valence-electron chi connectivity index (χ3n) is 4.47. The Labute approximate surface area is 120 Å². The molecule has 1 aliphatic carbocycles. The van der Waals surface area contributed by atoms with Gasteiger partial charge in [0.1, 0.15) is 5.75 Å². The van der Waals surface area contributed by atoms with Crippen LogP contribution in [0.25, 0.3) is 0 Å². The molecular formula is C17H24F2O. The van der Waals surface area contributed by atoms with Crippen LogP contribution in [0, 0.1) is 23.5 Å². The van der Waals surface area contributed by atoms with Gasteiger partial charge in [0.05, 0.1) is 6.61 Å². The topological polar surface area (TPSA) is 9.23 Å². The van der Waals surface area contributed by atoms with Crippen molar-refractivity contribution in [3.8, 4) is 5.75 Å². The summed E-state index contributed by atoms with van der Waals surface area (Å²) in [5, 5.41) is 0. The number of ether oxygens (including phenoxy) is 1. The van der Waals surface area contributed by atoms with Gasteiger partial charge in [0.25, 0.3) is 0 Å². The average Bonchev–Trinajstić information content (AvgIpc) is 2.47. The second-order valence-electron chi connectivity index (χ2n) is 5.78. The third-order valence-corrected chi connectivity index (χ3v) is 4.47. The van der Waals surface area contributed by atoms with Crippen LogP contribution in [0.5, 0.6) is 5.75 Å². The van der Waals surface area contributed by atoms with Gasteiger partial charge in [-0.1, -0.05) is 39.0 Å². The number of benzene rings is 1. The summed E-state index contributed by atoms with van der Waals surface area (Å²) in [5.74, 6) is 0.431. The molecule has 0 N–H and O–H groups in total. The van der Waals surface area contributed by atoms with E-state index in [9.17, 15) is 8.78 Å². The zero-order chi connectivity index (χ0) is 14.4. The van der Waals surface area contributed by atoms with E-state index < -0.39 is 11.6 Å². The van der Waals surface area contributed by atoms with Crippen molar-refractivity contribution in [1.82, 2.24) is 0 Å². The monoisotopic (exact) mass is 282 g/mol. The second kappa shape index (κ2) is 7.61. The van der Waals surface area contributed by atoms with Gasteiger partial charge in [0, 0.05) is 6.07 Å². The van der Waals surface area contributed by atoms with Crippen LogP contribution >= 0.6 is 0 Å². The molecule has 2 atom stereocenters. The van der Waals surface area contributed by atoms with E-state index in [-0.39, 0.29) is 0 Å². The SMILES string of the molecule is CCC1CCCCC1CCCOc1ccc(F)c(F)c1. The minimum Gasteiger partial charge on any atom is -0.493 e. The average molecular weight is 282 g/mol. The first kappa shape index (κ1) is 15.3. The molecule has 1 aromatic carbocycles. The van der Waals surface area contributed by atoms with Crippen molar-refractivity contribution >= 4 is 0 Å². The lowest BCUT2D eigenvalue weighted by molar-refractivity contribution is 0.199. The van der Waals surface area contributed by atoms with Crippen LogP contribution in [0.1, 0.15) is 51.9 Å². The summed E-state index contributed by atoms with van der Waals surface area (Å²) in [7, 11) is 0. The zero-order valence-corrected chi connectivity index (χ0v) is 12.2. The maximum Gasteiger partial charge on any atom is 0.162 e. The van der Waals surface area contributed by atoms with Crippen LogP contribution < -0.4 is 4.74 Å². The van der Waals surface area contributed by atoms with Crippen molar-refractivity contribution < 1.29 is 13.5 Å². The molecule has 1 nitrogen and oxygen atoms in total. The molecule has 1 aliphatic rings. The molecule has 1 aromatic rings. The van der Waals surface area contributed by atoms with E-state index in [0.29, 0.717) is 12.4 Å². The summed E-state index contributed by atoms with van der Waals surface area (Å²) in [4.78, 5) is 0. The van der Waals surface area contributed by atoms with E-state index in [1.807, 2.05) is 0 Å². The molecular weight excluding hydrogens is 258 g/mol. The highest BCUT2D eigenvalue weighted by Crippen LogP contribution is 2.35. The molecule has 20 heavy (non-hydrogen) atoms. The Morgan fingerprint density at radius 1 is 1.10 bits per heavy atom. The number of halogens is 2. The molecule has 0 aliphatic heterocycles. The molecule has 2 rings (SSSR count). The van der Waals surface area contributed by atoms with E-state index >= 15 is 0 Å². The molecule has 0 bridgehead atoms. The Balaban J connectivity index is 1.71. The van der Waals surface area contributed by atoms with Gasteiger partial charge in [0.15, 0.2) is 11.6 Å². The number of hydrogen-bond donors (Lipinski definition) is 0. The smallest absolute Gasteiger partial charge is 0.162 e. The highest BCUT2D eigenvalue weighted by molar-refractivity contribution is 5.23. The number of hydrogen-bond acceptors (Lipinski definition) is 1. The molecule has 0 heterocycles. The maximum atomic E-state index is 13.0. The lowest BCUT2D eigenvalue weighted by Crippen LogP contribution is -2.19. The Hall–Kier alpha value is -1.12. The predicted molar refractivity (Wildman–Crippen MR) is 76.8 cm³/mol. The molecule has 1 fully saturated rings. The largest absolute Gasteiger partial charge is 0.493 e. The molecule has 0 spiro atoms. The Kier molecular flexibility index (Phi) is 5.81. The Morgan fingerprint density at radius 3 is 2.55 bits per heavy atom. The molecule has 0 aromatic heterocycles. The molecule has 112 valence electrons. The van der Waals surface area contributed by atoms with E-state index in [1.54, 1.807) is 0 Å². The standard InChI is InChI=1S/C17H24F2O/c1-2-13-6-3-4-7-14(13)8-5-11-20-15-9-10-16(18)17(19)12-15/h9-10,12-14H,2-8,11H2,1H3. The third kappa shape index (κ3) is 4.19. The van der Waals surface area contributed by atoms with Gasteiger partial charge in [-0.15, -0.1) is 0 Å². The summed E-state index contributed by atoms with van der Waals surface area (Å²) < 4.78 is 31.3. The first-order chi connectivity index (χ1) is 9.70. The van der Waals surface area contributed by atoms with Crippen LogP contribution in [0.2, 0.25) is 0 Å². The van der Waals surface area contributed by atoms with Crippen molar-refractivity contribution in [1.29, 1.82) is 0 Å². The van der Waals surface area contributed by atoms with Crippen molar-refractivity contribution in [2.24, 2.45) is 11.8 Å². The summed E-state index contributed by atoms with van der Waals surface area (Å²) in [6.07, 6.45) is 8.87. The van der Waals surface area contributed by atoms with Crippen LogP contribution in [-0.4, -0.2) is 6.61 Å². The van der Waals surface area contributed by atoms with Gasteiger partial charge in [-0.3, -0.25) is 0 Å². The fraction of sp³-hybridized carbons (Fsp3) is 0.647. The summed E-state index contributed by atoms with van der Waals surface area (Å²) in [6, 6.07) is 3.71. The molecule has 2 unspecified atom stereocenters. The summed E-state index contributed by atoms with van der Waals surface area (Å²) >= 11 is 0. The van der Waals surface area contributed by atoms with Crippen LogP contribution in [0.15, 0.2) is 18.2 Å². The minimum absolute atomic E-state index is 0.416. The highest BCUT2D eigenvalue weighted by atomic mass is 19.2. The molecule has 0 radical (unpaired) electrons. The fourth-order valence-electron chi connectivity index (χ4n) is 3.30. The molecule has 0 saturated heterocycles. The first-order valence-electron chi connectivity index (χ1n) is 7.78.